The molecule has 5 heteroatoms. The molecule has 0 unspecified atom stereocenters. The number of anilines is 2. The van der Waals surface area contributed by atoms with Gasteiger partial charge in [0.25, 0.3) is 5.91 Å². The Morgan fingerprint density at radius 1 is 0.960 bits per heavy atom. The van der Waals surface area contributed by atoms with E-state index in [2.05, 4.69) is 20.8 Å². The summed E-state index contributed by atoms with van der Waals surface area (Å²) in [4.78, 5) is 12.2. The molecule has 2 aromatic carbocycles. The van der Waals surface area contributed by atoms with Crippen molar-refractivity contribution in [2.75, 3.05) is 5.32 Å². The van der Waals surface area contributed by atoms with Crippen LogP contribution in [0.5, 0.6) is 0 Å². The van der Waals surface area contributed by atoms with Gasteiger partial charge in [-0.05, 0) is 43.2 Å². The van der Waals surface area contributed by atoms with Gasteiger partial charge in [-0.1, -0.05) is 48.0 Å². The normalized spacial score (nSPS) is 10.3. The largest absolute Gasteiger partial charge is 0.347 e. The van der Waals surface area contributed by atoms with Crippen molar-refractivity contribution in [1.29, 1.82) is 0 Å². The molecule has 0 saturated carbocycles. The van der Waals surface area contributed by atoms with Crippen molar-refractivity contribution >= 4 is 17.4 Å². The highest BCUT2D eigenvalue weighted by Gasteiger charge is 2.08. The molecule has 0 spiro atoms. The number of rotatable bonds is 5. The molecular weight excluding hydrogens is 312 g/mol. The summed E-state index contributed by atoms with van der Waals surface area (Å²) >= 11 is 0. The Labute approximate surface area is 147 Å². The second-order valence-electron chi connectivity index (χ2n) is 5.92. The van der Waals surface area contributed by atoms with Gasteiger partial charge < -0.3 is 10.6 Å². The van der Waals surface area contributed by atoms with Crippen molar-refractivity contribution in [3.8, 4) is 0 Å². The number of aryl methyl sites for hydroxylation is 2. The summed E-state index contributed by atoms with van der Waals surface area (Å²) in [6, 6.07) is 19.4. The molecule has 0 atom stereocenters. The molecule has 3 rings (SSSR count). The van der Waals surface area contributed by atoms with Gasteiger partial charge in [-0.2, -0.15) is 0 Å². The van der Waals surface area contributed by atoms with Crippen LogP contribution < -0.4 is 10.6 Å². The van der Waals surface area contributed by atoms with Crippen molar-refractivity contribution in [2.24, 2.45) is 0 Å². The van der Waals surface area contributed by atoms with E-state index in [0.717, 1.165) is 22.4 Å². The summed E-state index contributed by atoms with van der Waals surface area (Å²) in [6.07, 6.45) is 0. The molecule has 0 bridgehead atoms. The minimum absolute atomic E-state index is 0.239. The molecule has 5 nitrogen and oxygen atoms in total. The third-order valence-electron chi connectivity index (χ3n) is 3.84. The monoisotopic (exact) mass is 332 g/mol. The molecule has 25 heavy (non-hydrogen) atoms. The number of aromatic nitrogens is 2. The molecule has 0 fully saturated rings. The molecule has 0 aliphatic carbocycles. The minimum Gasteiger partial charge on any atom is -0.347 e. The van der Waals surface area contributed by atoms with E-state index in [0.29, 0.717) is 18.1 Å². The first-order valence-corrected chi connectivity index (χ1v) is 8.12. The third kappa shape index (κ3) is 4.41. The summed E-state index contributed by atoms with van der Waals surface area (Å²) in [5.41, 5.74) is 4.60. The van der Waals surface area contributed by atoms with Crippen LogP contribution in [0, 0.1) is 13.8 Å². The maximum absolute atomic E-state index is 12.2. The van der Waals surface area contributed by atoms with E-state index in [1.54, 1.807) is 12.1 Å². The van der Waals surface area contributed by atoms with Crippen LogP contribution in [-0.2, 0) is 6.54 Å². The van der Waals surface area contributed by atoms with Gasteiger partial charge in [-0.25, -0.2) is 0 Å². The second-order valence-corrected chi connectivity index (χ2v) is 5.92. The Bertz CT molecular complexity index is 875. The lowest BCUT2D eigenvalue weighted by molar-refractivity contribution is 0.0945. The number of hydrogen-bond acceptors (Lipinski definition) is 4. The highest BCUT2D eigenvalue weighted by Crippen LogP contribution is 2.17. The highest BCUT2D eigenvalue weighted by molar-refractivity contribution is 5.92. The summed E-state index contributed by atoms with van der Waals surface area (Å²) in [5.74, 6) is 0.362. The van der Waals surface area contributed by atoms with E-state index in [9.17, 15) is 4.79 Å². The molecule has 0 radical (unpaired) electrons. The molecule has 1 aromatic heterocycles. The minimum atomic E-state index is -0.239. The van der Waals surface area contributed by atoms with Gasteiger partial charge in [0.1, 0.15) is 0 Å². The average Bonchev–Trinajstić information content (AvgIpc) is 2.62. The maximum Gasteiger partial charge on any atom is 0.272 e. The van der Waals surface area contributed by atoms with Gasteiger partial charge in [0.2, 0.25) is 0 Å². The van der Waals surface area contributed by atoms with Crippen molar-refractivity contribution in [1.82, 2.24) is 15.5 Å². The van der Waals surface area contributed by atoms with E-state index >= 15 is 0 Å². The van der Waals surface area contributed by atoms with E-state index in [1.807, 2.05) is 62.4 Å². The molecule has 3 aromatic rings. The predicted molar refractivity (Wildman–Crippen MR) is 98.8 cm³/mol. The predicted octanol–water partition coefficient (Wildman–Crippen LogP) is 3.77. The lowest BCUT2D eigenvalue weighted by atomic mass is 10.1. The van der Waals surface area contributed by atoms with E-state index < -0.39 is 0 Å². The zero-order valence-corrected chi connectivity index (χ0v) is 14.3. The number of amides is 1. The quantitative estimate of drug-likeness (QED) is 0.746. The first kappa shape index (κ1) is 16.6. The molecule has 0 aliphatic rings. The van der Waals surface area contributed by atoms with Gasteiger partial charge >= 0.3 is 0 Å². The lowest BCUT2D eigenvalue weighted by Gasteiger charge is -2.08. The molecule has 2 N–H and O–H groups in total. The Hall–Kier alpha value is -3.21. The third-order valence-corrected chi connectivity index (χ3v) is 3.84. The first-order chi connectivity index (χ1) is 12.1. The number of benzene rings is 2. The SMILES string of the molecule is Cc1cccc(CNC(=O)c2ccc(Nc3ccccc3C)nn2)c1. The molecule has 126 valence electrons. The van der Waals surface area contributed by atoms with Gasteiger partial charge in [-0.3, -0.25) is 4.79 Å². The van der Waals surface area contributed by atoms with E-state index in [1.165, 1.54) is 0 Å². The van der Waals surface area contributed by atoms with Crippen LogP contribution in [0.4, 0.5) is 11.5 Å². The number of carbonyl (C=O) groups excluding carboxylic acids is 1. The smallest absolute Gasteiger partial charge is 0.272 e. The second kappa shape index (κ2) is 7.57. The van der Waals surface area contributed by atoms with Crippen LogP contribution in [0.15, 0.2) is 60.7 Å². The van der Waals surface area contributed by atoms with Crippen molar-refractivity contribution in [3.63, 3.8) is 0 Å². The van der Waals surface area contributed by atoms with Crippen LogP contribution in [0.25, 0.3) is 0 Å². The summed E-state index contributed by atoms with van der Waals surface area (Å²) < 4.78 is 0. The molecule has 0 aliphatic heterocycles. The zero-order chi connectivity index (χ0) is 17.6. The maximum atomic E-state index is 12.2. The van der Waals surface area contributed by atoms with E-state index in [-0.39, 0.29) is 5.91 Å². The molecule has 0 saturated heterocycles. The Morgan fingerprint density at radius 3 is 2.52 bits per heavy atom. The zero-order valence-electron chi connectivity index (χ0n) is 14.3. The molecule has 1 amide bonds. The Kier molecular flexibility index (Phi) is 5.04. The standard InChI is InChI=1S/C20H20N4O/c1-14-6-5-8-16(12-14)13-21-20(25)18-10-11-19(24-23-18)22-17-9-4-3-7-15(17)2/h3-12H,13H2,1-2H3,(H,21,25)(H,22,24). The van der Waals surface area contributed by atoms with Crippen LogP contribution in [-0.4, -0.2) is 16.1 Å². The fraction of sp³-hybridized carbons (Fsp3) is 0.150. The van der Waals surface area contributed by atoms with Crippen molar-refractivity contribution in [2.45, 2.75) is 20.4 Å². The summed E-state index contributed by atoms with van der Waals surface area (Å²) in [6.45, 7) is 4.51. The molecule has 1 heterocycles. The van der Waals surface area contributed by atoms with E-state index in [4.69, 9.17) is 0 Å². The topological polar surface area (TPSA) is 66.9 Å². The van der Waals surface area contributed by atoms with Crippen LogP contribution in [0.1, 0.15) is 27.2 Å². The van der Waals surface area contributed by atoms with Gasteiger partial charge in [0.05, 0.1) is 0 Å². The van der Waals surface area contributed by atoms with Crippen molar-refractivity contribution in [3.05, 3.63) is 83.0 Å². The van der Waals surface area contributed by atoms with Gasteiger partial charge in [0, 0.05) is 12.2 Å². The average molecular weight is 332 g/mol. The molecular formula is C20H20N4O. The first-order valence-electron chi connectivity index (χ1n) is 8.12. The Balaban J connectivity index is 1.61. The Morgan fingerprint density at radius 2 is 1.80 bits per heavy atom. The fourth-order valence-corrected chi connectivity index (χ4v) is 2.47. The van der Waals surface area contributed by atoms with Gasteiger partial charge in [0.15, 0.2) is 11.5 Å². The van der Waals surface area contributed by atoms with Crippen molar-refractivity contribution < 1.29 is 4.79 Å². The van der Waals surface area contributed by atoms with Gasteiger partial charge in [-0.15, -0.1) is 10.2 Å². The van der Waals surface area contributed by atoms with Crippen LogP contribution in [0.2, 0.25) is 0 Å². The highest BCUT2D eigenvalue weighted by atomic mass is 16.1. The summed E-state index contributed by atoms with van der Waals surface area (Å²) in [7, 11) is 0. The number of nitrogens with zero attached hydrogens (tertiary/aromatic N) is 2. The van der Waals surface area contributed by atoms with Crippen LogP contribution >= 0.6 is 0 Å². The number of nitrogens with one attached hydrogen (secondary N) is 2. The summed E-state index contributed by atoms with van der Waals surface area (Å²) in [5, 5.41) is 14.1. The number of para-hydroxylation sites is 1. The van der Waals surface area contributed by atoms with Crippen LogP contribution in [0.3, 0.4) is 0 Å². The fourth-order valence-electron chi connectivity index (χ4n) is 2.47. The lowest BCUT2D eigenvalue weighted by Crippen LogP contribution is -2.24. The number of carbonyl (C=O) groups is 1. The number of hydrogen-bond donors (Lipinski definition) is 2.